The lowest BCUT2D eigenvalue weighted by molar-refractivity contribution is -0.120. The van der Waals surface area contributed by atoms with Crippen molar-refractivity contribution in [3.63, 3.8) is 0 Å². The van der Waals surface area contributed by atoms with Gasteiger partial charge in [-0.15, -0.1) is 11.3 Å². The van der Waals surface area contributed by atoms with Gasteiger partial charge in [0.05, 0.1) is 0 Å². The van der Waals surface area contributed by atoms with Crippen molar-refractivity contribution in [2.75, 3.05) is 11.9 Å². The van der Waals surface area contributed by atoms with Gasteiger partial charge < -0.3 is 5.32 Å². The Hall–Kier alpha value is -1.77. The zero-order chi connectivity index (χ0) is 17.2. The third-order valence-corrected chi connectivity index (χ3v) is 7.24. The van der Waals surface area contributed by atoms with E-state index in [0.29, 0.717) is 18.8 Å². The summed E-state index contributed by atoms with van der Waals surface area (Å²) in [5.41, 5.74) is 0.791. The summed E-state index contributed by atoms with van der Waals surface area (Å²) >= 11 is 1.17. The summed E-state index contributed by atoms with van der Waals surface area (Å²) in [6, 6.07) is 7.92. The number of piperidine rings is 1. The molecule has 24 heavy (non-hydrogen) atoms. The van der Waals surface area contributed by atoms with Crippen LogP contribution >= 0.6 is 11.3 Å². The highest BCUT2D eigenvalue weighted by molar-refractivity contribution is 7.91. The molecule has 0 radical (unpaired) electrons. The van der Waals surface area contributed by atoms with Gasteiger partial charge in [0.2, 0.25) is 5.91 Å². The average Bonchev–Trinajstić information content (AvgIpc) is 3.10. The first-order valence-electron chi connectivity index (χ1n) is 7.78. The molecule has 1 saturated heterocycles. The minimum absolute atomic E-state index is 0.274. The highest BCUT2D eigenvalue weighted by Crippen LogP contribution is 2.28. The van der Waals surface area contributed by atoms with Gasteiger partial charge >= 0.3 is 0 Å². The first-order chi connectivity index (χ1) is 11.5. The topological polar surface area (TPSA) is 79.4 Å². The van der Waals surface area contributed by atoms with Crippen molar-refractivity contribution in [3.05, 3.63) is 41.4 Å². The van der Waals surface area contributed by atoms with Gasteiger partial charge in [0, 0.05) is 12.2 Å². The van der Waals surface area contributed by atoms with Crippen LogP contribution in [-0.4, -0.2) is 36.2 Å². The summed E-state index contributed by atoms with van der Waals surface area (Å²) < 4.78 is 27.2. The minimum atomic E-state index is -3.64. The number of aromatic nitrogens is 1. The quantitative estimate of drug-likeness (QED) is 0.903. The number of hydrogen-bond donors (Lipinski definition) is 1. The van der Waals surface area contributed by atoms with E-state index in [2.05, 4.69) is 10.3 Å². The molecule has 1 amide bonds. The summed E-state index contributed by atoms with van der Waals surface area (Å²) in [6.45, 7) is 2.20. The van der Waals surface area contributed by atoms with Crippen molar-refractivity contribution in [1.82, 2.24) is 9.29 Å². The van der Waals surface area contributed by atoms with Crippen molar-refractivity contribution >= 4 is 33.1 Å². The molecule has 128 valence electrons. The molecule has 0 aromatic carbocycles. The Kier molecular flexibility index (Phi) is 4.98. The Morgan fingerprint density at radius 1 is 1.29 bits per heavy atom. The van der Waals surface area contributed by atoms with Crippen LogP contribution in [-0.2, 0) is 14.8 Å². The number of carbonyl (C=O) groups is 1. The lowest BCUT2D eigenvalue weighted by atomic mass is 10.0. The van der Waals surface area contributed by atoms with E-state index >= 15 is 0 Å². The number of sulfonamides is 1. The standard InChI is InChI=1S/C16H19N3O3S2/c1-12-6-4-8-14(17-12)18-16(20)13-7-2-3-10-19(13)24(21,22)15-9-5-11-23-15/h4-6,8-9,11,13H,2-3,7,10H2,1H3,(H,17,18,20)/t13-/m0/s1. The molecule has 1 fully saturated rings. The van der Waals surface area contributed by atoms with E-state index < -0.39 is 16.1 Å². The van der Waals surface area contributed by atoms with E-state index in [1.807, 2.05) is 13.0 Å². The largest absolute Gasteiger partial charge is 0.309 e. The number of amides is 1. The van der Waals surface area contributed by atoms with Crippen LogP contribution in [0.15, 0.2) is 39.9 Å². The monoisotopic (exact) mass is 365 g/mol. The number of nitrogens with one attached hydrogen (secondary N) is 1. The minimum Gasteiger partial charge on any atom is -0.309 e. The van der Waals surface area contributed by atoms with E-state index in [1.165, 1.54) is 15.6 Å². The zero-order valence-electron chi connectivity index (χ0n) is 13.3. The van der Waals surface area contributed by atoms with Gasteiger partial charge in [-0.3, -0.25) is 4.79 Å². The van der Waals surface area contributed by atoms with Crippen LogP contribution in [0.4, 0.5) is 5.82 Å². The Morgan fingerprint density at radius 2 is 2.12 bits per heavy atom. The van der Waals surface area contributed by atoms with Gasteiger partial charge in [0.25, 0.3) is 10.0 Å². The molecule has 8 heteroatoms. The fourth-order valence-corrected chi connectivity index (χ4v) is 5.58. The van der Waals surface area contributed by atoms with E-state index in [-0.39, 0.29) is 10.1 Å². The normalized spacial score (nSPS) is 19.1. The molecular weight excluding hydrogens is 346 g/mol. The number of pyridine rings is 1. The number of rotatable bonds is 4. The maximum atomic E-state index is 12.8. The molecular formula is C16H19N3O3S2. The molecule has 0 spiro atoms. The van der Waals surface area contributed by atoms with Gasteiger partial charge in [-0.05, 0) is 43.3 Å². The Labute approximate surface area is 145 Å². The van der Waals surface area contributed by atoms with Crippen LogP contribution in [0, 0.1) is 6.92 Å². The van der Waals surface area contributed by atoms with E-state index in [0.717, 1.165) is 18.5 Å². The molecule has 2 aromatic rings. The van der Waals surface area contributed by atoms with E-state index in [9.17, 15) is 13.2 Å². The molecule has 1 aliphatic rings. The molecule has 2 aromatic heterocycles. The van der Waals surface area contributed by atoms with Crippen molar-refractivity contribution < 1.29 is 13.2 Å². The second kappa shape index (κ2) is 7.00. The third kappa shape index (κ3) is 3.50. The Morgan fingerprint density at radius 3 is 2.83 bits per heavy atom. The van der Waals surface area contributed by atoms with Crippen LogP contribution in [0.3, 0.4) is 0 Å². The maximum Gasteiger partial charge on any atom is 0.253 e. The molecule has 1 atom stereocenters. The number of carbonyl (C=O) groups excluding carboxylic acids is 1. The molecule has 1 aliphatic heterocycles. The van der Waals surface area contributed by atoms with Gasteiger partial charge in [-0.2, -0.15) is 4.31 Å². The van der Waals surface area contributed by atoms with Crippen LogP contribution < -0.4 is 5.32 Å². The fourth-order valence-electron chi connectivity index (χ4n) is 2.80. The lowest BCUT2D eigenvalue weighted by Gasteiger charge is -2.33. The summed E-state index contributed by atoms with van der Waals surface area (Å²) in [5, 5.41) is 4.47. The van der Waals surface area contributed by atoms with Crippen LogP contribution in [0.2, 0.25) is 0 Å². The SMILES string of the molecule is Cc1cccc(NC(=O)[C@@H]2CCCCN2S(=O)(=O)c2cccs2)n1. The van der Waals surface area contributed by atoms with Crippen molar-refractivity contribution in [2.45, 2.75) is 36.4 Å². The lowest BCUT2D eigenvalue weighted by Crippen LogP contribution is -2.49. The highest BCUT2D eigenvalue weighted by Gasteiger charge is 2.38. The smallest absolute Gasteiger partial charge is 0.253 e. The third-order valence-electron chi connectivity index (χ3n) is 3.95. The molecule has 0 bridgehead atoms. The van der Waals surface area contributed by atoms with E-state index in [1.54, 1.807) is 29.6 Å². The molecule has 0 saturated carbocycles. The van der Waals surface area contributed by atoms with Gasteiger partial charge in [0.15, 0.2) is 0 Å². The van der Waals surface area contributed by atoms with Crippen molar-refractivity contribution in [3.8, 4) is 0 Å². The van der Waals surface area contributed by atoms with Crippen LogP contribution in [0.1, 0.15) is 25.0 Å². The predicted molar refractivity (Wildman–Crippen MR) is 93.5 cm³/mol. The summed E-state index contributed by atoms with van der Waals surface area (Å²) in [6.07, 6.45) is 2.11. The van der Waals surface area contributed by atoms with Gasteiger partial charge in [0.1, 0.15) is 16.1 Å². The molecule has 3 rings (SSSR count). The second-order valence-corrected chi connectivity index (χ2v) is 8.78. The molecule has 3 heterocycles. The van der Waals surface area contributed by atoms with Gasteiger partial charge in [-0.1, -0.05) is 18.6 Å². The highest BCUT2D eigenvalue weighted by atomic mass is 32.2. The number of hydrogen-bond acceptors (Lipinski definition) is 5. The van der Waals surface area contributed by atoms with Crippen LogP contribution in [0.5, 0.6) is 0 Å². The Balaban J connectivity index is 1.83. The first-order valence-corrected chi connectivity index (χ1v) is 10.1. The number of aryl methyl sites for hydroxylation is 1. The van der Waals surface area contributed by atoms with E-state index in [4.69, 9.17) is 0 Å². The summed E-state index contributed by atoms with van der Waals surface area (Å²) in [5.74, 6) is 0.118. The number of nitrogens with zero attached hydrogens (tertiary/aromatic N) is 2. The Bertz CT molecular complexity index is 819. The molecule has 0 aliphatic carbocycles. The number of thiophene rings is 1. The van der Waals surface area contributed by atoms with Crippen LogP contribution in [0.25, 0.3) is 0 Å². The second-order valence-electron chi connectivity index (χ2n) is 5.71. The molecule has 0 unspecified atom stereocenters. The summed E-state index contributed by atoms with van der Waals surface area (Å²) in [7, 11) is -3.64. The zero-order valence-corrected chi connectivity index (χ0v) is 14.9. The number of anilines is 1. The fraction of sp³-hybridized carbons (Fsp3) is 0.375. The summed E-state index contributed by atoms with van der Waals surface area (Å²) in [4.78, 5) is 16.9. The van der Waals surface area contributed by atoms with Crippen molar-refractivity contribution in [1.29, 1.82) is 0 Å². The first kappa shape index (κ1) is 17.1. The van der Waals surface area contributed by atoms with Gasteiger partial charge in [-0.25, -0.2) is 13.4 Å². The maximum absolute atomic E-state index is 12.8. The molecule has 6 nitrogen and oxygen atoms in total. The predicted octanol–water partition coefficient (Wildman–Crippen LogP) is 2.63. The van der Waals surface area contributed by atoms with Crippen molar-refractivity contribution in [2.24, 2.45) is 0 Å². The molecule has 1 N–H and O–H groups in total. The average molecular weight is 365 g/mol.